The standard InChI is InChI=1S/C10H15ClO3/c1-13-10(12)9-8-6(5-14-9)3-2-4-7(8)11/h6-9H,2-5H2,1H3. The molecule has 0 radical (unpaired) electrons. The smallest absolute Gasteiger partial charge is 0.335 e. The fourth-order valence-corrected chi connectivity index (χ4v) is 3.06. The molecule has 4 unspecified atom stereocenters. The lowest BCUT2D eigenvalue weighted by Crippen LogP contribution is -2.37. The second-order valence-corrected chi connectivity index (χ2v) is 4.62. The molecule has 4 heteroatoms. The molecule has 1 aliphatic heterocycles. The van der Waals surface area contributed by atoms with E-state index in [-0.39, 0.29) is 17.3 Å². The third kappa shape index (κ3) is 1.63. The highest BCUT2D eigenvalue weighted by molar-refractivity contribution is 6.21. The van der Waals surface area contributed by atoms with Crippen LogP contribution in [0.4, 0.5) is 0 Å². The first kappa shape index (κ1) is 10.2. The number of methoxy groups -OCH3 is 1. The van der Waals surface area contributed by atoms with Crippen molar-refractivity contribution in [2.75, 3.05) is 13.7 Å². The lowest BCUT2D eigenvalue weighted by atomic mass is 9.78. The Bertz CT molecular complexity index is 231. The van der Waals surface area contributed by atoms with Crippen LogP contribution < -0.4 is 0 Å². The number of ether oxygens (including phenoxy) is 2. The summed E-state index contributed by atoms with van der Waals surface area (Å²) < 4.78 is 10.2. The summed E-state index contributed by atoms with van der Waals surface area (Å²) in [7, 11) is 1.39. The van der Waals surface area contributed by atoms with Crippen LogP contribution in [-0.2, 0) is 14.3 Å². The minimum atomic E-state index is -0.423. The molecule has 2 aliphatic rings. The normalized spacial score (nSPS) is 41.9. The van der Waals surface area contributed by atoms with Crippen molar-refractivity contribution in [1.82, 2.24) is 0 Å². The van der Waals surface area contributed by atoms with Gasteiger partial charge in [0.1, 0.15) is 0 Å². The van der Waals surface area contributed by atoms with Crippen LogP contribution in [-0.4, -0.2) is 31.2 Å². The van der Waals surface area contributed by atoms with Gasteiger partial charge in [-0.3, -0.25) is 0 Å². The molecular weight excluding hydrogens is 204 g/mol. The highest BCUT2D eigenvalue weighted by atomic mass is 35.5. The van der Waals surface area contributed by atoms with Crippen molar-refractivity contribution in [2.45, 2.75) is 30.7 Å². The summed E-state index contributed by atoms with van der Waals surface area (Å²) in [6.45, 7) is 0.660. The minimum absolute atomic E-state index is 0.0698. The van der Waals surface area contributed by atoms with Crippen LogP contribution in [0.25, 0.3) is 0 Å². The maximum atomic E-state index is 11.4. The zero-order valence-electron chi connectivity index (χ0n) is 8.24. The van der Waals surface area contributed by atoms with Gasteiger partial charge in [0, 0.05) is 11.3 Å². The Kier molecular flexibility index (Phi) is 2.98. The van der Waals surface area contributed by atoms with Gasteiger partial charge in [-0.1, -0.05) is 6.42 Å². The number of alkyl halides is 1. The summed E-state index contributed by atoms with van der Waals surface area (Å²) >= 11 is 6.23. The molecule has 0 N–H and O–H groups in total. The first-order valence-corrected chi connectivity index (χ1v) is 5.51. The molecule has 3 nitrogen and oxygen atoms in total. The summed E-state index contributed by atoms with van der Waals surface area (Å²) in [5.41, 5.74) is 0. The molecule has 14 heavy (non-hydrogen) atoms. The van der Waals surface area contributed by atoms with Crippen LogP contribution in [0, 0.1) is 11.8 Å². The maximum absolute atomic E-state index is 11.4. The highest BCUT2D eigenvalue weighted by Gasteiger charge is 2.47. The summed E-state index contributed by atoms with van der Waals surface area (Å²) in [4.78, 5) is 11.4. The van der Waals surface area contributed by atoms with E-state index in [9.17, 15) is 4.79 Å². The van der Waals surface area contributed by atoms with Gasteiger partial charge >= 0.3 is 5.97 Å². The van der Waals surface area contributed by atoms with E-state index in [4.69, 9.17) is 21.1 Å². The lowest BCUT2D eigenvalue weighted by molar-refractivity contribution is -0.153. The van der Waals surface area contributed by atoms with Crippen molar-refractivity contribution in [2.24, 2.45) is 11.8 Å². The van der Waals surface area contributed by atoms with Crippen molar-refractivity contribution in [3.63, 3.8) is 0 Å². The average molecular weight is 219 g/mol. The first-order valence-electron chi connectivity index (χ1n) is 5.07. The van der Waals surface area contributed by atoms with Gasteiger partial charge in [0.05, 0.1) is 13.7 Å². The number of fused-ring (bicyclic) bond motifs is 1. The van der Waals surface area contributed by atoms with Crippen LogP contribution >= 0.6 is 11.6 Å². The molecule has 2 rings (SSSR count). The van der Waals surface area contributed by atoms with Gasteiger partial charge in [-0.25, -0.2) is 4.79 Å². The van der Waals surface area contributed by atoms with E-state index in [1.165, 1.54) is 7.11 Å². The molecule has 1 saturated carbocycles. The molecule has 4 atom stereocenters. The molecule has 0 amide bonds. The van der Waals surface area contributed by atoms with Crippen LogP contribution in [0.3, 0.4) is 0 Å². The zero-order chi connectivity index (χ0) is 10.1. The molecule has 0 bridgehead atoms. The fraction of sp³-hybridized carbons (Fsp3) is 0.900. The molecule has 0 aromatic carbocycles. The van der Waals surface area contributed by atoms with Gasteiger partial charge in [-0.05, 0) is 18.8 Å². The Morgan fingerprint density at radius 1 is 1.50 bits per heavy atom. The molecule has 2 fully saturated rings. The lowest BCUT2D eigenvalue weighted by Gasteiger charge is -2.30. The van der Waals surface area contributed by atoms with E-state index in [2.05, 4.69) is 0 Å². The summed E-state index contributed by atoms with van der Waals surface area (Å²) in [6, 6.07) is 0. The first-order chi connectivity index (χ1) is 6.74. The van der Waals surface area contributed by atoms with Crippen molar-refractivity contribution in [3.8, 4) is 0 Å². The Morgan fingerprint density at radius 3 is 3.00 bits per heavy atom. The number of carbonyl (C=O) groups is 1. The van der Waals surface area contributed by atoms with E-state index in [0.29, 0.717) is 12.5 Å². The van der Waals surface area contributed by atoms with Crippen LogP contribution in [0.15, 0.2) is 0 Å². The Balaban J connectivity index is 2.10. The maximum Gasteiger partial charge on any atom is 0.335 e. The minimum Gasteiger partial charge on any atom is -0.467 e. The van der Waals surface area contributed by atoms with Crippen LogP contribution in [0.2, 0.25) is 0 Å². The van der Waals surface area contributed by atoms with Gasteiger partial charge in [-0.2, -0.15) is 0 Å². The number of hydrogen-bond acceptors (Lipinski definition) is 3. The predicted octanol–water partition coefficient (Wildman–Crippen LogP) is 1.58. The summed E-state index contributed by atoms with van der Waals surface area (Å²) in [5.74, 6) is 0.346. The Labute approximate surface area is 88.7 Å². The third-order valence-corrected chi connectivity index (χ3v) is 3.80. The molecule has 1 saturated heterocycles. The van der Waals surface area contributed by atoms with Crippen molar-refractivity contribution >= 4 is 17.6 Å². The number of esters is 1. The monoisotopic (exact) mass is 218 g/mol. The molecule has 1 heterocycles. The van der Waals surface area contributed by atoms with E-state index < -0.39 is 6.10 Å². The van der Waals surface area contributed by atoms with E-state index in [1.807, 2.05) is 0 Å². The second-order valence-electron chi connectivity index (χ2n) is 4.06. The van der Waals surface area contributed by atoms with E-state index >= 15 is 0 Å². The largest absolute Gasteiger partial charge is 0.467 e. The van der Waals surface area contributed by atoms with Crippen molar-refractivity contribution < 1.29 is 14.3 Å². The molecule has 1 aliphatic carbocycles. The molecule has 80 valence electrons. The number of halogens is 1. The number of rotatable bonds is 1. The quantitative estimate of drug-likeness (QED) is 0.495. The van der Waals surface area contributed by atoms with E-state index in [1.54, 1.807) is 0 Å². The average Bonchev–Trinajstić information content (AvgIpc) is 2.62. The van der Waals surface area contributed by atoms with Crippen molar-refractivity contribution in [3.05, 3.63) is 0 Å². The van der Waals surface area contributed by atoms with Gasteiger partial charge in [-0.15, -0.1) is 11.6 Å². The fourth-order valence-electron chi connectivity index (χ4n) is 2.57. The molecule has 0 aromatic heterocycles. The zero-order valence-corrected chi connectivity index (χ0v) is 9.00. The SMILES string of the molecule is COC(=O)C1OCC2CCCC(Cl)C21. The molecule has 0 spiro atoms. The Hall–Kier alpha value is -0.280. The second kappa shape index (κ2) is 4.07. The van der Waals surface area contributed by atoms with Crippen LogP contribution in [0.1, 0.15) is 19.3 Å². The number of carbonyl (C=O) groups excluding carboxylic acids is 1. The van der Waals surface area contributed by atoms with Gasteiger partial charge in [0.25, 0.3) is 0 Å². The summed E-state index contributed by atoms with van der Waals surface area (Å²) in [6.07, 6.45) is 2.83. The van der Waals surface area contributed by atoms with Gasteiger partial charge in [0.15, 0.2) is 6.10 Å². The highest BCUT2D eigenvalue weighted by Crippen LogP contribution is 2.41. The molecular formula is C10H15ClO3. The number of hydrogen-bond donors (Lipinski definition) is 0. The van der Waals surface area contributed by atoms with Gasteiger partial charge in [0.2, 0.25) is 0 Å². The van der Waals surface area contributed by atoms with Crippen molar-refractivity contribution in [1.29, 1.82) is 0 Å². The molecule has 0 aromatic rings. The van der Waals surface area contributed by atoms with Gasteiger partial charge < -0.3 is 9.47 Å². The third-order valence-electron chi connectivity index (χ3n) is 3.29. The Morgan fingerprint density at radius 2 is 2.29 bits per heavy atom. The predicted molar refractivity (Wildman–Crippen MR) is 52.2 cm³/mol. The topological polar surface area (TPSA) is 35.5 Å². The summed E-state index contributed by atoms with van der Waals surface area (Å²) in [5, 5.41) is 0.0698. The van der Waals surface area contributed by atoms with E-state index in [0.717, 1.165) is 19.3 Å². The van der Waals surface area contributed by atoms with Crippen LogP contribution in [0.5, 0.6) is 0 Å².